The molecule has 1 aromatic heterocycles. The number of hydrogen-bond donors (Lipinski definition) is 0. The van der Waals surface area contributed by atoms with Crippen LogP contribution in [0.25, 0.3) is 11.4 Å². The third-order valence-corrected chi connectivity index (χ3v) is 3.96. The smallest absolute Gasteiger partial charge is 0.306 e. The maximum Gasteiger partial charge on any atom is 0.306 e. The van der Waals surface area contributed by atoms with E-state index in [0.717, 1.165) is 22.6 Å². The van der Waals surface area contributed by atoms with E-state index in [-0.39, 0.29) is 24.9 Å². The van der Waals surface area contributed by atoms with Gasteiger partial charge in [0.15, 0.2) is 6.61 Å². The fourth-order valence-electron chi connectivity index (χ4n) is 2.50. The Morgan fingerprint density at radius 1 is 1.11 bits per heavy atom. The first-order valence-electron chi connectivity index (χ1n) is 8.96. The Labute approximate surface area is 163 Å². The van der Waals surface area contributed by atoms with Crippen LogP contribution in [-0.2, 0) is 16.1 Å². The summed E-state index contributed by atoms with van der Waals surface area (Å²) in [6, 6.07) is 15.1. The van der Waals surface area contributed by atoms with Crippen molar-refractivity contribution in [3.8, 4) is 22.9 Å². The summed E-state index contributed by atoms with van der Waals surface area (Å²) in [6.07, 6.45) is 0.818. The normalized spacial score (nSPS) is 10.5. The standard InChI is InChI=1S/C21H22N2O5/c1-15-5-3-6-18(13-15)26-12-4-7-20(24)27-14-19-22-21(23-28-19)16-8-10-17(25-2)11-9-16/h3,5-6,8-11,13H,4,7,12,14H2,1-2H3. The van der Waals surface area contributed by atoms with Crippen molar-refractivity contribution in [2.75, 3.05) is 13.7 Å². The lowest BCUT2D eigenvalue weighted by atomic mass is 10.2. The van der Waals surface area contributed by atoms with E-state index in [1.807, 2.05) is 55.5 Å². The molecule has 146 valence electrons. The van der Waals surface area contributed by atoms with Gasteiger partial charge in [-0.15, -0.1) is 0 Å². The topological polar surface area (TPSA) is 83.7 Å². The summed E-state index contributed by atoms with van der Waals surface area (Å²) in [5.41, 5.74) is 1.92. The highest BCUT2D eigenvalue weighted by Gasteiger charge is 2.11. The van der Waals surface area contributed by atoms with E-state index in [4.69, 9.17) is 18.7 Å². The largest absolute Gasteiger partial charge is 0.497 e. The summed E-state index contributed by atoms with van der Waals surface area (Å²) in [7, 11) is 1.60. The number of nitrogens with zero attached hydrogens (tertiary/aromatic N) is 2. The lowest BCUT2D eigenvalue weighted by Gasteiger charge is -2.06. The molecule has 3 rings (SSSR count). The molecule has 0 atom stereocenters. The molecule has 1 heterocycles. The van der Waals surface area contributed by atoms with E-state index in [9.17, 15) is 4.79 Å². The number of esters is 1. The molecule has 0 saturated heterocycles. The Morgan fingerprint density at radius 3 is 2.68 bits per heavy atom. The molecule has 0 radical (unpaired) electrons. The van der Waals surface area contributed by atoms with Crippen molar-refractivity contribution in [3.63, 3.8) is 0 Å². The monoisotopic (exact) mass is 382 g/mol. The number of ether oxygens (including phenoxy) is 3. The number of aromatic nitrogens is 2. The van der Waals surface area contributed by atoms with Gasteiger partial charge in [-0.2, -0.15) is 4.98 Å². The molecule has 0 amide bonds. The Bertz CT molecular complexity index is 905. The van der Waals surface area contributed by atoms with Crippen molar-refractivity contribution < 1.29 is 23.5 Å². The fourth-order valence-corrected chi connectivity index (χ4v) is 2.50. The summed E-state index contributed by atoms with van der Waals surface area (Å²) in [4.78, 5) is 16.1. The van der Waals surface area contributed by atoms with Gasteiger partial charge in [0, 0.05) is 12.0 Å². The Hall–Kier alpha value is -3.35. The van der Waals surface area contributed by atoms with Gasteiger partial charge in [-0.3, -0.25) is 4.79 Å². The fraction of sp³-hybridized carbons (Fsp3) is 0.286. The van der Waals surface area contributed by atoms with E-state index in [2.05, 4.69) is 10.1 Å². The van der Waals surface area contributed by atoms with Crippen molar-refractivity contribution in [1.82, 2.24) is 10.1 Å². The first kappa shape index (κ1) is 19.4. The van der Waals surface area contributed by atoms with Crippen molar-refractivity contribution >= 4 is 5.97 Å². The molecule has 2 aromatic carbocycles. The molecule has 0 aliphatic heterocycles. The second-order valence-corrected chi connectivity index (χ2v) is 6.17. The van der Waals surface area contributed by atoms with Gasteiger partial charge in [-0.25, -0.2) is 0 Å². The van der Waals surface area contributed by atoms with E-state index in [1.165, 1.54) is 0 Å². The van der Waals surface area contributed by atoms with Crippen LogP contribution in [0.15, 0.2) is 53.1 Å². The van der Waals surface area contributed by atoms with Crippen LogP contribution in [0.1, 0.15) is 24.3 Å². The maximum absolute atomic E-state index is 11.8. The highest BCUT2D eigenvalue weighted by Crippen LogP contribution is 2.20. The SMILES string of the molecule is COc1ccc(-c2noc(COC(=O)CCCOc3cccc(C)c3)n2)cc1. The zero-order chi connectivity index (χ0) is 19.8. The quantitative estimate of drug-likeness (QED) is 0.409. The van der Waals surface area contributed by atoms with Crippen LogP contribution >= 0.6 is 0 Å². The number of carbonyl (C=O) groups is 1. The third-order valence-electron chi connectivity index (χ3n) is 3.96. The summed E-state index contributed by atoms with van der Waals surface area (Å²) in [5, 5.41) is 3.90. The average Bonchev–Trinajstić information content (AvgIpc) is 3.19. The molecule has 7 heteroatoms. The average molecular weight is 382 g/mol. The van der Waals surface area contributed by atoms with Crippen LogP contribution in [0, 0.1) is 6.92 Å². The predicted molar refractivity (Wildman–Crippen MR) is 102 cm³/mol. The Balaban J connectivity index is 1.39. The molecule has 0 aliphatic carbocycles. The van der Waals surface area contributed by atoms with Crippen molar-refractivity contribution in [2.45, 2.75) is 26.4 Å². The molecule has 0 N–H and O–H groups in total. The molecule has 28 heavy (non-hydrogen) atoms. The molecule has 0 aliphatic rings. The van der Waals surface area contributed by atoms with Gasteiger partial charge < -0.3 is 18.7 Å². The van der Waals surface area contributed by atoms with Gasteiger partial charge in [0.1, 0.15) is 11.5 Å². The van der Waals surface area contributed by atoms with Gasteiger partial charge >= 0.3 is 5.97 Å². The van der Waals surface area contributed by atoms with E-state index < -0.39 is 0 Å². The number of rotatable bonds is 9. The number of benzene rings is 2. The van der Waals surface area contributed by atoms with E-state index in [0.29, 0.717) is 18.9 Å². The molecule has 0 bridgehead atoms. The minimum absolute atomic E-state index is 0.0548. The summed E-state index contributed by atoms with van der Waals surface area (Å²) in [5.74, 6) is 1.88. The first-order valence-corrected chi connectivity index (χ1v) is 8.96. The molecule has 0 unspecified atom stereocenters. The number of carbonyl (C=O) groups excluding carboxylic acids is 1. The molecule has 0 spiro atoms. The maximum atomic E-state index is 11.8. The van der Waals surface area contributed by atoms with Crippen LogP contribution in [0.4, 0.5) is 0 Å². The van der Waals surface area contributed by atoms with Crippen LogP contribution in [0.5, 0.6) is 11.5 Å². The zero-order valence-electron chi connectivity index (χ0n) is 15.9. The van der Waals surface area contributed by atoms with Crippen LogP contribution in [-0.4, -0.2) is 29.8 Å². The summed E-state index contributed by atoms with van der Waals surface area (Å²) in [6.45, 7) is 2.39. The van der Waals surface area contributed by atoms with Gasteiger partial charge in [-0.05, 0) is 55.3 Å². The third kappa shape index (κ3) is 5.57. The Kier molecular flexibility index (Phi) is 6.62. The highest BCUT2D eigenvalue weighted by atomic mass is 16.6. The second-order valence-electron chi connectivity index (χ2n) is 6.17. The molecule has 0 fully saturated rings. The van der Waals surface area contributed by atoms with Crippen molar-refractivity contribution in [2.24, 2.45) is 0 Å². The Morgan fingerprint density at radius 2 is 1.93 bits per heavy atom. The minimum Gasteiger partial charge on any atom is -0.497 e. The van der Waals surface area contributed by atoms with Gasteiger partial charge in [0.2, 0.25) is 5.82 Å². The summed E-state index contributed by atoms with van der Waals surface area (Å²) >= 11 is 0. The second kappa shape index (κ2) is 9.55. The van der Waals surface area contributed by atoms with Gasteiger partial charge in [-0.1, -0.05) is 17.3 Å². The van der Waals surface area contributed by atoms with Crippen LogP contribution < -0.4 is 9.47 Å². The van der Waals surface area contributed by atoms with Gasteiger partial charge in [0.25, 0.3) is 5.89 Å². The molecule has 3 aromatic rings. The van der Waals surface area contributed by atoms with Crippen LogP contribution in [0.2, 0.25) is 0 Å². The minimum atomic E-state index is -0.336. The first-order chi connectivity index (χ1) is 13.6. The lowest BCUT2D eigenvalue weighted by molar-refractivity contribution is -0.146. The molecule has 0 saturated carbocycles. The lowest BCUT2D eigenvalue weighted by Crippen LogP contribution is -2.07. The molecule has 7 nitrogen and oxygen atoms in total. The van der Waals surface area contributed by atoms with Crippen molar-refractivity contribution in [3.05, 3.63) is 60.0 Å². The summed E-state index contributed by atoms with van der Waals surface area (Å²) < 4.78 is 21.0. The van der Waals surface area contributed by atoms with Crippen LogP contribution in [0.3, 0.4) is 0 Å². The highest BCUT2D eigenvalue weighted by molar-refractivity contribution is 5.69. The van der Waals surface area contributed by atoms with E-state index >= 15 is 0 Å². The predicted octanol–water partition coefficient (Wildman–Crippen LogP) is 3.96. The zero-order valence-corrected chi connectivity index (χ0v) is 15.9. The molecular weight excluding hydrogens is 360 g/mol. The molecular formula is C21H22N2O5. The van der Waals surface area contributed by atoms with E-state index in [1.54, 1.807) is 7.11 Å². The number of aryl methyl sites for hydroxylation is 1. The van der Waals surface area contributed by atoms with Crippen molar-refractivity contribution in [1.29, 1.82) is 0 Å². The number of hydrogen-bond acceptors (Lipinski definition) is 7. The van der Waals surface area contributed by atoms with Gasteiger partial charge in [0.05, 0.1) is 13.7 Å². The number of methoxy groups -OCH3 is 1.